The molecule has 1 rings (SSSR count). The first-order valence-corrected chi connectivity index (χ1v) is 3.46. The molecule has 0 atom stereocenters. The molecule has 1 heterocycles. The first-order chi connectivity index (χ1) is 4.50. The van der Waals surface area contributed by atoms with Gasteiger partial charge in [0, 0.05) is 13.1 Å². The summed E-state index contributed by atoms with van der Waals surface area (Å²) in [7, 11) is 0. The van der Waals surface area contributed by atoms with E-state index in [-0.39, 0.29) is 0 Å². The van der Waals surface area contributed by atoms with E-state index in [0.717, 1.165) is 13.1 Å². The van der Waals surface area contributed by atoms with Crippen molar-refractivity contribution in [2.24, 2.45) is 0 Å². The third-order valence-corrected chi connectivity index (χ3v) is 1.34. The van der Waals surface area contributed by atoms with Crippen LogP contribution in [0.15, 0.2) is 0 Å². The Morgan fingerprint density at radius 2 is 1.22 bits per heavy atom. The Kier molecular flexibility index (Phi) is 3.63. The molecule has 9 heavy (non-hydrogen) atoms. The molecule has 0 aromatic rings. The molecule has 0 saturated carbocycles. The lowest BCUT2D eigenvalue weighted by Crippen LogP contribution is -2.50. The smallest absolute Gasteiger partial charge is 0.0113 e. The van der Waals surface area contributed by atoms with E-state index >= 15 is 0 Å². The Labute approximate surface area is 55.3 Å². The zero-order chi connectivity index (χ0) is 6.36. The van der Waals surface area contributed by atoms with Crippen LogP contribution in [0.1, 0.15) is 19.3 Å². The van der Waals surface area contributed by atoms with E-state index in [1.807, 2.05) is 0 Å². The van der Waals surface area contributed by atoms with Crippen LogP contribution in [-0.2, 0) is 0 Å². The summed E-state index contributed by atoms with van der Waals surface area (Å²) in [6.07, 6.45) is 3.79. The van der Waals surface area contributed by atoms with Gasteiger partial charge in [-0.05, 0) is 12.8 Å². The van der Waals surface area contributed by atoms with E-state index in [1.54, 1.807) is 0 Å². The maximum absolute atomic E-state index is 3.00. The lowest BCUT2D eigenvalue weighted by Gasteiger charge is -2.04. The summed E-state index contributed by atoms with van der Waals surface area (Å²) in [5, 5.41) is 0. The van der Waals surface area contributed by atoms with Gasteiger partial charge >= 0.3 is 0 Å². The number of hydrogen-bond acceptors (Lipinski definition) is 4. The lowest BCUT2D eigenvalue weighted by atomic mass is 10.2. The lowest BCUT2D eigenvalue weighted by molar-refractivity contribution is 0.383. The van der Waals surface area contributed by atoms with Gasteiger partial charge in [0.2, 0.25) is 0 Å². The van der Waals surface area contributed by atoms with Gasteiger partial charge in [-0.3, -0.25) is 0 Å². The van der Waals surface area contributed by atoms with Gasteiger partial charge < -0.3 is 0 Å². The molecule has 0 bridgehead atoms. The summed E-state index contributed by atoms with van der Waals surface area (Å²) in [5.74, 6) is 0. The standard InChI is InChI=1S/C5H14N4/c1-2-4-6-8-9-7-5-3-1/h6-9H,1-5H2. The average Bonchev–Trinajstić information content (AvgIpc) is 2.00. The predicted molar refractivity (Wildman–Crippen MR) is 36.1 cm³/mol. The van der Waals surface area contributed by atoms with Gasteiger partial charge in [0.05, 0.1) is 0 Å². The van der Waals surface area contributed by atoms with Crippen LogP contribution in [-0.4, -0.2) is 13.1 Å². The van der Waals surface area contributed by atoms with E-state index in [0.29, 0.717) is 0 Å². The molecule has 4 nitrogen and oxygen atoms in total. The van der Waals surface area contributed by atoms with Crippen LogP contribution in [0, 0.1) is 0 Å². The number of nitrogens with one attached hydrogen (secondary N) is 4. The van der Waals surface area contributed by atoms with Crippen molar-refractivity contribution in [3.63, 3.8) is 0 Å². The van der Waals surface area contributed by atoms with Gasteiger partial charge in [0.1, 0.15) is 0 Å². The van der Waals surface area contributed by atoms with Crippen molar-refractivity contribution < 1.29 is 0 Å². The molecule has 0 aromatic carbocycles. The largest absolute Gasteiger partial charge is 0.243 e. The Bertz CT molecular complexity index is 37.4. The van der Waals surface area contributed by atoms with Crippen LogP contribution < -0.4 is 21.9 Å². The second kappa shape index (κ2) is 4.69. The first kappa shape index (κ1) is 6.95. The molecule has 4 N–H and O–H groups in total. The molecule has 4 heteroatoms. The Hall–Kier alpha value is -0.160. The molecule has 0 aliphatic carbocycles. The van der Waals surface area contributed by atoms with Crippen LogP contribution in [0.2, 0.25) is 0 Å². The molecule has 54 valence electrons. The summed E-state index contributed by atoms with van der Waals surface area (Å²) >= 11 is 0. The molecule has 1 fully saturated rings. The summed E-state index contributed by atoms with van der Waals surface area (Å²) in [6, 6.07) is 0. The molecular weight excluding hydrogens is 116 g/mol. The quantitative estimate of drug-likeness (QED) is 0.349. The second-order valence-electron chi connectivity index (χ2n) is 2.16. The van der Waals surface area contributed by atoms with Gasteiger partial charge in [-0.25, -0.2) is 10.9 Å². The van der Waals surface area contributed by atoms with Crippen LogP contribution >= 0.6 is 0 Å². The minimum Gasteiger partial charge on any atom is -0.243 e. The highest BCUT2D eigenvalue weighted by Crippen LogP contribution is 1.91. The monoisotopic (exact) mass is 130 g/mol. The van der Waals surface area contributed by atoms with Crippen molar-refractivity contribution in [1.29, 1.82) is 0 Å². The van der Waals surface area contributed by atoms with Crippen LogP contribution in [0.3, 0.4) is 0 Å². The number of rotatable bonds is 0. The molecule has 0 amide bonds. The highest BCUT2D eigenvalue weighted by Gasteiger charge is 1.91. The molecule has 0 spiro atoms. The van der Waals surface area contributed by atoms with E-state index < -0.39 is 0 Å². The Balaban J connectivity index is 2.02. The van der Waals surface area contributed by atoms with Gasteiger partial charge in [0.25, 0.3) is 0 Å². The van der Waals surface area contributed by atoms with Crippen molar-refractivity contribution >= 4 is 0 Å². The molecule has 0 unspecified atom stereocenters. The van der Waals surface area contributed by atoms with Gasteiger partial charge in [-0.1, -0.05) is 6.42 Å². The maximum atomic E-state index is 3.00. The fourth-order valence-corrected chi connectivity index (χ4v) is 0.817. The van der Waals surface area contributed by atoms with Crippen molar-refractivity contribution in [2.45, 2.75) is 19.3 Å². The second-order valence-corrected chi connectivity index (χ2v) is 2.16. The van der Waals surface area contributed by atoms with E-state index in [9.17, 15) is 0 Å². The maximum Gasteiger partial charge on any atom is 0.0113 e. The third kappa shape index (κ3) is 3.42. The van der Waals surface area contributed by atoms with Crippen LogP contribution in [0.4, 0.5) is 0 Å². The van der Waals surface area contributed by atoms with Crippen LogP contribution in [0.25, 0.3) is 0 Å². The molecule has 0 aromatic heterocycles. The summed E-state index contributed by atoms with van der Waals surface area (Å²) in [4.78, 5) is 0. The van der Waals surface area contributed by atoms with E-state index in [2.05, 4.69) is 21.9 Å². The van der Waals surface area contributed by atoms with Crippen molar-refractivity contribution in [2.75, 3.05) is 13.1 Å². The fraction of sp³-hybridized carbons (Fsp3) is 1.00. The molecule has 1 aliphatic heterocycles. The zero-order valence-corrected chi connectivity index (χ0v) is 5.54. The molecular formula is C5H14N4. The zero-order valence-electron chi connectivity index (χ0n) is 5.54. The van der Waals surface area contributed by atoms with Gasteiger partial charge in [-0.15, -0.1) is 0 Å². The van der Waals surface area contributed by atoms with Crippen molar-refractivity contribution in [1.82, 2.24) is 21.9 Å². The Morgan fingerprint density at radius 3 is 1.78 bits per heavy atom. The summed E-state index contributed by atoms with van der Waals surface area (Å²) in [6.45, 7) is 2.07. The molecule has 0 radical (unpaired) electrons. The SMILES string of the molecule is C1CCNNNNCC1. The van der Waals surface area contributed by atoms with Crippen molar-refractivity contribution in [3.05, 3.63) is 0 Å². The minimum atomic E-state index is 1.04. The normalized spacial score (nSPS) is 24.0. The third-order valence-electron chi connectivity index (χ3n) is 1.34. The van der Waals surface area contributed by atoms with E-state index in [4.69, 9.17) is 0 Å². The number of hydrazine groups is 3. The summed E-state index contributed by atoms with van der Waals surface area (Å²) in [5.41, 5.74) is 11.6. The number of hydrogen-bond donors (Lipinski definition) is 4. The first-order valence-electron chi connectivity index (χ1n) is 3.46. The highest BCUT2D eigenvalue weighted by molar-refractivity contribution is 4.47. The molecule has 1 aliphatic rings. The fourth-order valence-electron chi connectivity index (χ4n) is 0.817. The molecule has 1 saturated heterocycles. The van der Waals surface area contributed by atoms with Gasteiger partial charge in [0.15, 0.2) is 0 Å². The topological polar surface area (TPSA) is 48.1 Å². The highest BCUT2D eigenvalue weighted by atomic mass is 15.7. The van der Waals surface area contributed by atoms with E-state index in [1.165, 1.54) is 19.3 Å². The minimum absolute atomic E-state index is 1.04. The summed E-state index contributed by atoms with van der Waals surface area (Å²) < 4.78 is 0. The van der Waals surface area contributed by atoms with Crippen LogP contribution in [0.5, 0.6) is 0 Å². The average molecular weight is 130 g/mol. The predicted octanol–water partition coefficient (Wildman–Crippen LogP) is -0.726. The van der Waals surface area contributed by atoms with Crippen molar-refractivity contribution in [3.8, 4) is 0 Å². The Morgan fingerprint density at radius 1 is 0.667 bits per heavy atom. The van der Waals surface area contributed by atoms with Gasteiger partial charge in [-0.2, -0.15) is 11.1 Å².